The van der Waals surface area contributed by atoms with Gasteiger partial charge >= 0.3 is 0 Å². The molecule has 0 bridgehead atoms. The minimum atomic E-state index is -0.350. The lowest BCUT2D eigenvalue weighted by Gasteiger charge is -2.09. The van der Waals surface area contributed by atoms with Crippen LogP contribution in [0.5, 0.6) is 0 Å². The van der Waals surface area contributed by atoms with Crippen LogP contribution in [0.2, 0.25) is 0 Å². The van der Waals surface area contributed by atoms with Gasteiger partial charge < -0.3 is 9.73 Å². The lowest BCUT2D eigenvalue weighted by atomic mass is 10.1. The summed E-state index contributed by atoms with van der Waals surface area (Å²) >= 11 is 0. The summed E-state index contributed by atoms with van der Waals surface area (Å²) in [4.78, 5) is 23.1. The number of carbonyl (C=O) groups excluding carboxylic acids is 1. The molecule has 2 heterocycles. The van der Waals surface area contributed by atoms with E-state index in [1.165, 1.54) is 12.3 Å². The van der Waals surface area contributed by atoms with Crippen molar-refractivity contribution in [2.24, 2.45) is 0 Å². The van der Waals surface area contributed by atoms with Crippen molar-refractivity contribution < 1.29 is 9.21 Å². The number of amides is 1. The molecule has 0 unspecified atom stereocenters. The average molecular weight is 281 g/mol. The smallest absolute Gasteiger partial charge is 0.291 e. The van der Waals surface area contributed by atoms with Gasteiger partial charge in [-0.2, -0.15) is 5.10 Å². The molecule has 0 aliphatic rings. The third-order valence-electron chi connectivity index (χ3n) is 2.88. The number of aromatic nitrogens is 2. The fourth-order valence-corrected chi connectivity index (χ4v) is 1.90. The molecule has 0 saturated carbocycles. The van der Waals surface area contributed by atoms with E-state index in [0.29, 0.717) is 16.9 Å². The van der Waals surface area contributed by atoms with Gasteiger partial charge in [0.05, 0.1) is 17.6 Å². The summed E-state index contributed by atoms with van der Waals surface area (Å²) in [5.41, 5.74) is 1.56. The van der Waals surface area contributed by atoms with Gasteiger partial charge in [-0.15, -0.1) is 0 Å². The summed E-state index contributed by atoms with van der Waals surface area (Å²) in [6, 6.07) is 13.4. The maximum Gasteiger partial charge on any atom is 0.291 e. The zero-order valence-corrected chi connectivity index (χ0v) is 10.9. The zero-order valence-electron chi connectivity index (χ0n) is 10.9. The number of hydrogen-bond acceptors (Lipinski definition) is 4. The summed E-state index contributed by atoms with van der Waals surface area (Å²) in [5.74, 6) is -0.129. The van der Waals surface area contributed by atoms with Crippen molar-refractivity contribution in [3.8, 4) is 11.3 Å². The number of furan rings is 1. The van der Waals surface area contributed by atoms with Crippen LogP contribution in [0.1, 0.15) is 10.6 Å². The molecule has 2 N–H and O–H groups in total. The zero-order chi connectivity index (χ0) is 14.7. The van der Waals surface area contributed by atoms with Gasteiger partial charge in [0, 0.05) is 11.6 Å². The fourth-order valence-electron chi connectivity index (χ4n) is 1.90. The molecule has 21 heavy (non-hydrogen) atoms. The van der Waals surface area contributed by atoms with E-state index in [2.05, 4.69) is 15.5 Å². The van der Waals surface area contributed by atoms with E-state index in [0.717, 1.165) is 0 Å². The Morgan fingerprint density at radius 2 is 1.95 bits per heavy atom. The molecule has 0 radical (unpaired) electrons. The minimum absolute atomic E-state index is 0.222. The van der Waals surface area contributed by atoms with E-state index in [1.807, 2.05) is 6.07 Å². The van der Waals surface area contributed by atoms with Crippen molar-refractivity contribution in [1.82, 2.24) is 10.2 Å². The van der Waals surface area contributed by atoms with Gasteiger partial charge in [-0.3, -0.25) is 9.59 Å². The highest BCUT2D eigenvalue weighted by Crippen LogP contribution is 2.25. The number of para-hydroxylation sites is 1. The molecule has 0 aliphatic carbocycles. The number of carbonyl (C=O) groups is 1. The Bertz CT molecular complexity index is 802. The molecule has 0 spiro atoms. The SMILES string of the molecule is O=C(Nc1ccccc1-c1ccc(=O)[nH]n1)c1ccco1. The van der Waals surface area contributed by atoms with E-state index in [9.17, 15) is 9.59 Å². The van der Waals surface area contributed by atoms with E-state index >= 15 is 0 Å². The second-order valence-corrected chi connectivity index (χ2v) is 4.28. The fraction of sp³-hybridized carbons (Fsp3) is 0. The van der Waals surface area contributed by atoms with Gasteiger partial charge in [0.2, 0.25) is 0 Å². The average Bonchev–Trinajstić information content (AvgIpc) is 3.03. The van der Waals surface area contributed by atoms with Crippen LogP contribution < -0.4 is 10.9 Å². The predicted molar refractivity (Wildman–Crippen MR) is 77.0 cm³/mol. The maximum atomic E-state index is 12.0. The Morgan fingerprint density at radius 1 is 1.10 bits per heavy atom. The molecule has 6 heteroatoms. The van der Waals surface area contributed by atoms with Crippen molar-refractivity contribution in [3.63, 3.8) is 0 Å². The van der Waals surface area contributed by atoms with Crippen LogP contribution in [-0.2, 0) is 0 Å². The first-order valence-electron chi connectivity index (χ1n) is 6.24. The number of anilines is 1. The summed E-state index contributed by atoms with van der Waals surface area (Å²) in [6.07, 6.45) is 1.43. The largest absolute Gasteiger partial charge is 0.459 e. The second kappa shape index (κ2) is 5.46. The molecule has 104 valence electrons. The molecule has 0 aliphatic heterocycles. The number of H-pyrrole nitrogens is 1. The third kappa shape index (κ3) is 2.74. The minimum Gasteiger partial charge on any atom is -0.459 e. The first kappa shape index (κ1) is 12.9. The van der Waals surface area contributed by atoms with Crippen molar-refractivity contribution in [1.29, 1.82) is 0 Å². The highest BCUT2D eigenvalue weighted by atomic mass is 16.3. The lowest BCUT2D eigenvalue weighted by molar-refractivity contribution is 0.0996. The van der Waals surface area contributed by atoms with Crippen molar-refractivity contribution in [2.45, 2.75) is 0 Å². The van der Waals surface area contributed by atoms with Crippen LogP contribution in [0, 0.1) is 0 Å². The molecule has 0 atom stereocenters. The quantitative estimate of drug-likeness (QED) is 0.771. The van der Waals surface area contributed by atoms with Gasteiger partial charge in [-0.1, -0.05) is 18.2 Å². The molecule has 3 aromatic rings. The molecule has 1 amide bonds. The van der Waals surface area contributed by atoms with Gasteiger partial charge in [0.15, 0.2) is 5.76 Å². The number of hydrogen-bond donors (Lipinski definition) is 2. The molecule has 3 rings (SSSR count). The predicted octanol–water partition coefficient (Wildman–Crippen LogP) is 2.28. The van der Waals surface area contributed by atoms with Gasteiger partial charge in [-0.05, 0) is 24.3 Å². The highest BCUT2D eigenvalue weighted by Gasteiger charge is 2.12. The molecule has 0 fully saturated rings. The van der Waals surface area contributed by atoms with Crippen LogP contribution in [0.15, 0.2) is 64.0 Å². The van der Waals surface area contributed by atoms with Gasteiger partial charge in [-0.25, -0.2) is 5.10 Å². The van der Waals surface area contributed by atoms with Crippen molar-refractivity contribution in [2.75, 3.05) is 5.32 Å². The first-order valence-corrected chi connectivity index (χ1v) is 6.24. The van der Waals surface area contributed by atoms with E-state index in [4.69, 9.17) is 4.42 Å². The Kier molecular flexibility index (Phi) is 3.34. The molecule has 0 saturated heterocycles. The highest BCUT2D eigenvalue weighted by molar-refractivity contribution is 6.04. The van der Waals surface area contributed by atoms with E-state index in [-0.39, 0.29) is 17.2 Å². The van der Waals surface area contributed by atoms with Crippen LogP contribution in [0.4, 0.5) is 5.69 Å². The van der Waals surface area contributed by atoms with Crippen LogP contribution in [0.3, 0.4) is 0 Å². The van der Waals surface area contributed by atoms with Crippen LogP contribution >= 0.6 is 0 Å². The Balaban J connectivity index is 1.94. The van der Waals surface area contributed by atoms with Crippen molar-refractivity contribution in [3.05, 3.63) is 70.9 Å². The number of rotatable bonds is 3. The van der Waals surface area contributed by atoms with Crippen LogP contribution in [0.25, 0.3) is 11.3 Å². The van der Waals surface area contributed by atoms with E-state index in [1.54, 1.807) is 36.4 Å². The molecular formula is C15H11N3O3. The second-order valence-electron chi connectivity index (χ2n) is 4.28. The number of aromatic amines is 1. The molecular weight excluding hydrogens is 270 g/mol. The normalized spacial score (nSPS) is 10.3. The Hall–Kier alpha value is -3.15. The van der Waals surface area contributed by atoms with Gasteiger partial charge in [0.25, 0.3) is 11.5 Å². The molecule has 1 aromatic carbocycles. The summed E-state index contributed by atoms with van der Waals surface area (Å²) in [6.45, 7) is 0. The summed E-state index contributed by atoms with van der Waals surface area (Å²) in [5, 5.41) is 9.10. The Labute approximate surface area is 119 Å². The van der Waals surface area contributed by atoms with Gasteiger partial charge in [0.1, 0.15) is 0 Å². The van der Waals surface area contributed by atoms with Crippen molar-refractivity contribution >= 4 is 11.6 Å². The molecule has 2 aromatic heterocycles. The van der Waals surface area contributed by atoms with Crippen LogP contribution in [-0.4, -0.2) is 16.1 Å². The topological polar surface area (TPSA) is 88.0 Å². The maximum absolute atomic E-state index is 12.0. The first-order chi connectivity index (χ1) is 10.2. The number of nitrogens with one attached hydrogen (secondary N) is 2. The van der Waals surface area contributed by atoms with E-state index < -0.39 is 0 Å². The Morgan fingerprint density at radius 3 is 2.67 bits per heavy atom. The third-order valence-corrected chi connectivity index (χ3v) is 2.88. The summed E-state index contributed by atoms with van der Waals surface area (Å²) in [7, 11) is 0. The lowest BCUT2D eigenvalue weighted by Crippen LogP contribution is -2.12. The monoisotopic (exact) mass is 281 g/mol. The summed E-state index contributed by atoms with van der Waals surface area (Å²) < 4.78 is 5.05. The number of benzene rings is 1. The molecule has 6 nitrogen and oxygen atoms in total. The number of nitrogens with zero attached hydrogens (tertiary/aromatic N) is 1. The standard InChI is InChI=1S/C15H11N3O3/c19-14-8-7-12(17-18-14)10-4-1-2-5-11(10)16-15(20)13-6-3-9-21-13/h1-9H,(H,16,20)(H,18,19).